The van der Waals surface area contributed by atoms with E-state index in [4.69, 9.17) is 9.84 Å². The molecule has 0 saturated carbocycles. The maximum Gasteiger partial charge on any atom is 0.224 e. The van der Waals surface area contributed by atoms with Crippen LogP contribution in [0.3, 0.4) is 0 Å². The number of benzene rings is 1. The van der Waals surface area contributed by atoms with Gasteiger partial charge in [0.05, 0.1) is 12.5 Å². The highest BCUT2D eigenvalue weighted by atomic mass is 16.5. The molecule has 0 aromatic heterocycles. The average molecular weight is 223 g/mol. The van der Waals surface area contributed by atoms with E-state index in [-0.39, 0.29) is 18.9 Å². The van der Waals surface area contributed by atoms with E-state index in [1.54, 1.807) is 20.0 Å². The number of aliphatic hydroxyl groups excluding tert-OH is 1. The largest absolute Gasteiger partial charge is 0.491 e. The number of rotatable bonds is 5. The molecule has 0 aliphatic heterocycles. The van der Waals surface area contributed by atoms with Crippen LogP contribution in [-0.4, -0.2) is 30.8 Å². The number of aliphatic hydroxyl groups is 1. The van der Waals surface area contributed by atoms with E-state index in [2.05, 4.69) is 5.32 Å². The van der Waals surface area contributed by atoms with Gasteiger partial charge in [-0.3, -0.25) is 4.79 Å². The predicted octanol–water partition coefficient (Wildman–Crippen LogP) is 0.735. The summed E-state index contributed by atoms with van der Waals surface area (Å²) in [6.45, 7) is 1.88. The van der Waals surface area contributed by atoms with Crippen LogP contribution in [0.4, 0.5) is 0 Å². The molecular weight excluding hydrogens is 206 g/mol. The van der Waals surface area contributed by atoms with Gasteiger partial charge in [-0.1, -0.05) is 18.2 Å². The van der Waals surface area contributed by atoms with Crippen molar-refractivity contribution in [1.82, 2.24) is 5.32 Å². The van der Waals surface area contributed by atoms with Gasteiger partial charge in [0, 0.05) is 12.6 Å². The minimum atomic E-state index is -0.520. The Morgan fingerprint density at radius 1 is 1.50 bits per heavy atom. The van der Waals surface area contributed by atoms with Crippen LogP contribution < -0.4 is 10.1 Å². The molecule has 1 atom stereocenters. The lowest BCUT2D eigenvalue weighted by Gasteiger charge is -2.12. The summed E-state index contributed by atoms with van der Waals surface area (Å²) < 4.78 is 5.41. The van der Waals surface area contributed by atoms with E-state index in [1.165, 1.54) is 0 Å². The van der Waals surface area contributed by atoms with Crippen molar-refractivity contribution in [3.05, 3.63) is 29.8 Å². The van der Waals surface area contributed by atoms with Gasteiger partial charge in [0.15, 0.2) is 0 Å². The van der Waals surface area contributed by atoms with Crippen LogP contribution in [0.1, 0.15) is 12.5 Å². The topological polar surface area (TPSA) is 58.6 Å². The van der Waals surface area contributed by atoms with Crippen LogP contribution in [0.25, 0.3) is 0 Å². The summed E-state index contributed by atoms with van der Waals surface area (Å²) in [5.41, 5.74) is 0.822. The second kappa shape index (κ2) is 6.12. The van der Waals surface area contributed by atoms with Crippen molar-refractivity contribution in [2.24, 2.45) is 0 Å². The number of hydrogen-bond acceptors (Lipinski definition) is 3. The highest BCUT2D eigenvalue weighted by Crippen LogP contribution is 2.18. The van der Waals surface area contributed by atoms with Gasteiger partial charge in [-0.25, -0.2) is 0 Å². The predicted molar refractivity (Wildman–Crippen MR) is 61.4 cm³/mol. The fraction of sp³-hybridized carbons (Fsp3) is 0.417. The third-order valence-corrected chi connectivity index (χ3v) is 2.08. The number of ether oxygens (including phenoxy) is 1. The third kappa shape index (κ3) is 3.90. The minimum Gasteiger partial charge on any atom is -0.491 e. The van der Waals surface area contributed by atoms with Gasteiger partial charge in [0.1, 0.15) is 12.4 Å². The minimum absolute atomic E-state index is 0.0619. The highest BCUT2D eigenvalue weighted by molar-refractivity contribution is 5.78. The first-order valence-corrected chi connectivity index (χ1v) is 5.23. The second-order valence-electron chi connectivity index (χ2n) is 3.62. The molecule has 88 valence electrons. The average Bonchev–Trinajstić information content (AvgIpc) is 2.27. The molecule has 0 heterocycles. The Bertz CT molecular complexity index is 350. The number of carbonyl (C=O) groups is 1. The third-order valence-electron chi connectivity index (χ3n) is 2.08. The molecule has 4 nitrogen and oxygen atoms in total. The van der Waals surface area contributed by atoms with Crippen LogP contribution in [0.5, 0.6) is 5.75 Å². The van der Waals surface area contributed by atoms with Crippen LogP contribution in [0.2, 0.25) is 0 Å². The van der Waals surface area contributed by atoms with Crippen molar-refractivity contribution in [3.8, 4) is 5.75 Å². The summed E-state index contributed by atoms with van der Waals surface area (Å²) in [5.74, 6) is 0.583. The summed E-state index contributed by atoms with van der Waals surface area (Å²) in [7, 11) is 1.60. The van der Waals surface area contributed by atoms with Gasteiger partial charge in [-0.05, 0) is 13.0 Å². The summed E-state index contributed by atoms with van der Waals surface area (Å²) in [4.78, 5) is 11.3. The Morgan fingerprint density at radius 2 is 2.19 bits per heavy atom. The zero-order valence-electron chi connectivity index (χ0n) is 9.56. The SMILES string of the molecule is CNC(=O)Cc1ccccc1OC[C@H](C)O. The van der Waals surface area contributed by atoms with E-state index in [1.807, 2.05) is 18.2 Å². The quantitative estimate of drug-likeness (QED) is 0.774. The molecule has 0 unspecified atom stereocenters. The summed E-state index contributed by atoms with van der Waals surface area (Å²) in [6.07, 6.45) is -0.236. The second-order valence-corrected chi connectivity index (χ2v) is 3.62. The molecular formula is C12H17NO3. The molecule has 16 heavy (non-hydrogen) atoms. The molecule has 4 heteroatoms. The first kappa shape index (κ1) is 12.5. The molecule has 0 bridgehead atoms. The molecule has 0 aliphatic carbocycles. The normalized spacial score (nSPS) is 11.9. The fourth-order valence-corrected chi connectivity index (χ4v) is 1.26. The highest BCUT2D eigenvalue weighted by Gasteiger charge is 2.07. The van der Waals surface area contributed by atoms with Gasteiger partial charge in [-0.15, -0.1) is 0 Å². The van der Waals surface area contributed by atoms with Gasteiger partial charge in [0.2, 0.25) is 5.91 Å². The van der Waals surface area contributed by atoms with E-state index in [0.29, 0.717) is 5.75 Å². The van der Waals surface area contributed by atoms with Gasteiger partial charge < -0.3 is 15.2 Å². The lowest BCUT2D eigenvalue weighted by Crippen LogP contribution is -2.21. The molecule has 1 aromatic carbocycles. The van der Waals surface area contributed by atoms with Crippen molar-refractivity contribution >= 4 is 5.91 Å². The number of para-hydroxylation sites is 1. The van der Waals surface area contributed by atoms with Crippen molar-refractivity contribution in [3.63, 3.8) is 0 Å². The van der Waals surface area contributed by atoms with Gasteiger partial charge in [0.25, 0.3) is 0 Å². The number of carbonyl (C=O) groups excluding carboxylic acids is 1. The zero-order valence-corrected chi connectivity index (χ0v) is 9.56. The molecule has 0 fully saturated rings. The molecule has 0 aliphatic rings. The van der Waals surface area contributed by atoms with Crippen LogP contribution in [0.15, 0.2) is 24.3 Å². The summed E-state index contributed by atoms with van der Waals surface area (Å²) in [6, 6.07) is 7.32. The van der Waals surface area contributed by atoms with E-state index >= 15 is 0 Å². The number of amides is 1. The Morgan fingerprint density at radius 3 is 2.81 bits per heavy atom. The van der Waals surface area contributed by atoms with Crippen molar-refractivity contribution in [1.29, 1.82) is 0 Å². The van der Waals surface area contributed by atoms with E-state index in [9.17, 15) is 4.79 Å². The monoisotopic (exact) mass is 223 g/mol. The van der Waals surface area contributed by atoms with Crippen LogP contribution >= 0.6 is 0 Å². The van der Waals surface area contributed by atoms with Crippen LogP contribution in [0, 0.1) is 0 Å². The Hall–Kier alpha value is -1.55. The van der Waals surface area contributed by atoms with Crippen molar-refractivity contribution in [2.45, 2.75) is 19.4 Å². The van der Waals surface area contributed by atoms with E-state index < -0.39 is 6.10 Å². The van der Waals surface area contributed by atoms with Gasteiger partial charge in [-0.2, -0.15) is 0 Å². The first-order chi connectivity index (χ1) is 7.63. The smallest absolute Gasteiger partial charge is 0.224 e. The Labute approximate surface area is 95.2 Å². The van der Waals surface area contributed by atoms with Gasteiger partial charge >= 0.3 is 0 Å². The lowest BCUT2D eigenvalue weighted by atomic mass is 10.1. The molecule has 1 aromatic rings. The first-order valence-electron chi connectivity index (χ1n) is 5.23. The van der Waals surface area contributed by atoms with Crippen molar-refractivity contribution in [2.75, 3.05) is 13.7 Å². The molecule has 0 saturated heterocycles. The molecule has 1 rings (SSSR count). The van der Waals surface area contributed by atoms with Crippen molar-refractivity contribution < 1.29 is 14.6 Å². The zero-order chi connectivity index (χ0) is 12.0. The lowest BCUT2D eigenvalue weighted by molar-refractivity contribution is -0.119. The molecule has 0 radical (unpaired) electrons. The molecule has 0 spiro atoms. The standard InChI is InChI=1S/C12H17NO3/c1-9(14)8-16-11-6-4-3-5-10(11)7-12(15)13-2/h3-6,9,14H,7-8H2,1-2H3,(H,13,15)/t9-/m0/s1. The Balaban J connectivity index is 2.71. The fourth-order valence-electron chi connectivity index (χ4n) is 1.26. The summed E-state index contributed by atoms with van der Waals surface area (Å²) >= 11 is 0. The molecule has 1 amide bonds. The number of likely N-dealkylation sites (N-methyl/N-ethyl adjacent to an activating group) is 1. The number of hydrogen-bond donors (Lipinski definition) is 2. The summed E-state index contributed by atoms with van der Waals surface area (Å²) in [5, 5.41) is 11.7. The van der Waals surface area contributed by atoms with E-state index in [0.717, 1.165) is 5.56 Å². The maximum absolute atomic E-state index is 11.3. The number of nitrogens with one attached hydrogen (secondary N) is 1. The van der Waals surface area contributed by atoms with Crippen LogP contribution in [-0.2, 0) is 11.2 Å². The maximum atomic E-state index is 11.3. The Kier molecular flexibility index (Phi) is 4.79. The molecule has 2 N–H and O–H groups in total.